The van der Waals surface area contributed by atoms with Crippen LogP contribution in [0.4, 0.5) is 14.7 Å². The van der Waals surface area contributed by atoms with Gasteiger partial charge in [0.1, 0.15) is 0 Å². The predicted molar refractivity (Wildman–Crippen MR) is 101 cm³/mol. The number of fused-ring (bicyclic) bond motifs is 1. The summed E-state index contributed by atoms with van der Waals surface area (Å²) in [5, 5.41) is 0. The fourth-order valence-electron chi connectivity index (χ4n) is 3.69. The van der Waals surface area contributed by atoms with E-state index >= 15 is 0 Å². The summed E-state index contributed by atoms with van der Waals surface area (Å²) in [6, 6.07) is 3.58. The fraction of sp³-hybridized carbons (Fsp3) is 0.500. The highest BCUT2D eigenvalue weighted by Gasteiger charge is 2.45. The lowest BCUT2D eigenvalue weighted by Crippen LogP contribution is -2.50. The van der Waals surface area contributed by atoms with Gasteiger partial charge in [0.05, 0.1) is 34.8 Å². The molecule has 4 rings (SSSR count). The van der Waals surface area contributed by atoms with Crippen LogP contribution in [-0.4, -0.2) is 64.6 Å². The number of nitrogens with two attached hydrogens (primary N) is 1. The summed E-state index contributed by atoms with van der Waals surface area (Å²) >= 11 is 1.50. The van der Waals surface area contributed by atoms with Gasteiger partial charge in [0, 0.05) is 30.7 Å². The molecule has 0 aromatic carbocycles. The highest BCUT2D eigenvalue weighted by Crippen LogP contribution is 2.45. The summed E-state index contributed by atoms with van der Waals surface area (Å²) in [4.78, 5) is 26.3. The summed E-state index contributed by atoms with van der Waals surface area (Å²) in [5.41, 5.74) is 6.45. The number of rotatable bonds is 4. The number of amides is 1. The number of carbonyl (C=O) groups excluding carboxylic acids is 1. The highest BCUT2D eigenvalue weighted by molar-refractivity contribution is 7.16. The van der Waals surface area contributed by atoms with Gasteiger partial charge in [-0.1, -0.05) is 0 Å². The van der Waals surface area contributed by atoms with Gasteiger partial charge in [-0.3, -0.25) is 9.69 Å². The molecule has 2 aliphatic heterocycles. The Morgan fingerprint density at radius 3 is 2.82 bits per heavy atom. The van der Waals surface area contributed by atoms with Gasteiger partial charge in [-0.2, -0.15) is 8.78 Å². The molecule has 2 aliphatic rings. The van der Waals surface area contributed by atoms with E-state index in [1.165, 1.54) is 11.3 Å². The zero-order chi connectivity index (χ0) is 20.1. The first-order valence-electron chi connectivity index (χ1n) is 8.97. The van der Waals surface area contributed by atoms with Gasteiger partial charge in [0.2, 0.25) is 5.95 Å². The van der Waals surface area contributed by atoms with E-state index in [1.54, 1.807) is 22.1 Å². The smallest absolute Gasteiger partial charge is 0.368 e. The summed E-state index contributed by atoms with van der Waals surface area (Å²) < 4.78 is 31.3. The van der Waals surface area contributed by atoms with Gasteiger partial charge in [0.15, 0.2) is 0 Å². The number of thiophene rings is 1. The SMILES string of the molecule is CC1(C)c2sc(-c3ccnc(N)n3)cc2C(=O)N1CCN1CCOC(F)(F)C1. The van der Waals surface area contributed by atoms with E-state index in [9.17, 15) is 13.6 Å². The van der Waals surface area contributed by atoms with Crippen molar-refractivity contribution in [2.24, 2.45) is 0 Å². The number of ether oxygens (including phenoxy) is 1. The number of aromatic nitrogens is 2. The number of hydrogen-bond donors (Lipinski definition) is 1. The molecule has 0 spiro atoms. The number of alkyl halides is 2. The Kier molecular flexibility index (Phi) is 4.59. The van der Waals surface area contributed by atoms with Crippen molar-refractivity contribution in [1.29, 1.82) is 0 Å². The summed E-state index contributed by atoms with van der Waals surface area (Å²) in [6.07, 6.45) is -1.55. The second-order valence-electron chi connectivity index (χ2n) is 7.43. The first kappa shape index (κ1) is 19.2. The van der Waals surface area contributed by atoms with E-state index in [2.05, 4.69) is 14.7 Å². The maximum absolute atomic E-state index is 13.4. The first-order valence-corrected chi connectivity index (χ1v) is 9.78. The molecule has 4 heterocycles. The van der Waals surface area contributed by atoms with Crippen LogP contribution in [-0.2, 0) is 10.3 Å². The molecule has 1 saturated heterocycles. The number of halogens is 2. The molecule has 28 heavy (non-hydrogen) atoms. The Balaban J connectivity index is 1.52. The third-order valence-corrected chi connectivity index (χ3v) is 6.60. The first-order chi connectivity index (χ1) is 13.2. The Morgan fingerprint density at radius 1 is 1.36 bits per heavy atom. The molecule has 0 atom stereocenters. The summed E-state index contributed by atoms with van der Waals surface area (Å²) in [7, 11) is 0. The summed E-state index contributed by atoms with van der Waals surface area (Å²) in [5.74, 6) is 0.0881. The molecular formula is C18H21F2N5O2S. The lowest BCUT2D eigenvalue weighted by molar-refractivity contribution is -0.270. The molecular weight excluding hydrogens is 388 g/mol. The van der Waals surface area contributed by atoms with E-state index in [0.717, 1.165) is 9.75 Å². The van der Waals surface area contributed by atoms with Gasteiger partial charge in [0.25, 0.3) is 5.91 Å². The number of nitrogens with zero attached hydrogens (tertiary/aromatic N) is 4. The Bertz CT molecular complexity index is 917. The van der Waals surface area contributed by atoms with Gasteiger partial charge >= 0.3 is 6.11 Å². The zero-order valence-electron chi connectivity index (χ0n) is 15.6. The van der Waals surface area contributed by atoms with Crippen LogP contribution < -0.4 is 5.73 Å². The maximum Gasteiger partial charge on any atom is 0.368 e. The number of nitrogen functional groups attached to an aromatic ring is 1. The molecule has 1 amide bonds. The minimum atomic E-state index is -3.13. The van der Waals surface area contributed by atoms with Gasteiger partial charge in [-0.25, -0.2) is 9.97 Å². The molecule has 2 aromatic rings. The Labute approximate surface area is 165 Å². The molecule has 0 aliphatic carbocycles. The average molecular weight is 409 g/mol. The Morgan fingerprint density at radius 2 is 2.14 bits per heavy atom. The predicted octanol–water partition coefficient (Wildman–Crippen LogP) is 2.40. The van der Waals surface area contributed by atoms with Crippen LogP contribution >= 0.6 is 11.3 Å². The fourth-order valence-corrected chi connectivity index (χ4v) is 4.92. The number of carbonyl (C=O) groups is 1. The van der Waals surface area contributed by atoms with E-state index in [4.69, 9.17) is 5.73 Å². The second-order valence-corrected chi connectivity index (χ2v) is 8.48. The van der Waals surface area contributed by atoms with Crippen LogP contribution in [0.15, 0.2) is 18.3 Å². The molecule has 0 radical (unpaired) electrons. The van der Waals surface area contributed by atoms with Crippen molar-refractivity contribution in [2.45, 2.75) is 25.5 Å². The lowest BCUT2D eigenvalue weighted by Gasteiger charge is -2.36. The molecule has 1 fully saturated rings. The Hall–Kier alpha value is -2.17. The van der Waals surface area contributed by atoms with E-state index in [-0.39, 0.29) is 18.5 Å². The molecule has 0 bridgehead atoms. The van der Waals surface area contributed by atoms with E-state index in [1.807, 2.05) is 19.9 Å². The zero-order valence-corrected chi connectivity index (χ0v) is 16.4. The van der Waals surface area contributed by atoms with Crippen LogP contribution in [0.2, 0.25) is 0 Å². The van der Waals surface area contributed by atoms with Crippen LogP contribution in [0.3, 0.4) is 0 Å². The van der Waals surface area contributed by atoms with E-state index in [0.29, 0.717) is 30.9 Å². The van der Waals surface area contributed by atoms with Gasteiger partial charge in [-0.15, -0.1) is 11.3 Å². The van der Waals surface area contributed by atoms with Crippen molar-refractivity contribution in [3.8, 4) is 10.6 Å². The monoisotopic (exact) mass is 409 g/mol. The molecule has 7 nitrogen and oxygen atoms in total. The number of hydrogen-bond acceptors (Lipinski definition) is 7. The quantitative estimate of drug-likeness (QED) is 0.835. The minimum absolute atomic E-state index is 0.0108. The van der Waals surface area contributed by atoms with Crippen LogP contribution in [0.1, 0.15) is 29.1 Å². The van der Waals surface area contributed by atoms with Crippen LogP contribution in [0.25, 0.3) is 10.6 Å². The topological polar surface area (TPSA) is 84.6 Å². The summed E-state index contributed by atoms with van der Waals surface area (Å²) in [6.45, 7) is 4.66. The molecule has 0 unspecified atom stereocenters. The number of anilines is 1. The van der Waals surface area contributed by atoms with Crippen LogP contribution in [0.5, 0.6) is 0 Å². The molecule has 2 aromatic heterocycles. The van der Waals surface area contributed by atoms with Crippen molar-refractivity contribution in [1.82, 2.24) is 19.8 Å². The average Bonchev–Trinajstić information content (AvgIpc) is 3.13. The molecule has 2 N–H and O–H groups in total. The lowest BCUT2D eigenvalue weighted by atomic mass is 10.0. The van der Waals surface area contributed by atoms with Crippen molar-refractivity contribution >= 4 is 23.2 Å². The largest absolute Gasteiger partial charge is 0.368 e. The third-order valence-electron chi connectivity index (χ3n) is 5.13. The second kappa shape index (κ2) is 6.71. The maximum atomic E-state index is 13.4. The number of morpholine rings is 1. The van der Waals surface area contributed by atoms with Gasteiger partial charge in [-0.05, 0) is 26.0 Å². The van der Waals surface area contributed by atoms with Crippen molar-refractivity contribution in [2.75, 3.05) is 38.5 Å². The highest BCUT2D eigenvalue weighted by atomic mass is 32.1. The molecule has 10 heteroatoms. The standard InChI is InChI=1S/C18H21F2N5O2S/c1-17(2)14-11(9-13(28-14)12-3-4-22-16(21)23-12)15(26)25(17)6-5-24-7-8-27-18(19,20)10-24/h3-4,9H,5-8,10H2,1-2H3,(H2,21,22,23). The van der Waals surface area contributed by atoms with E-state index < -0.39 is 18.2 Å². The van der Waals surface area contributed by atoms with Crippen molar-refractivity contribution in [3.05, 3.63) is 28.8 Å². The van der Waals surface area contributed by atoms with Crippen molar-refractivity contribution in [3.63, 3.8) is 0 Å². The molecule has 150 valence electrons. The minimum Gasteiger partial charge on any atom is -0.368 e. The van der Waals surface area contributed by atoms with Crippen molar-refractivity contribution < 1.29 is 18.3 Å². The molecule has 0 saturated carbocycles. The van der Waals surface area contributed by atoms with Crippen LogP contribution in [0, 0.1) is 0 Å². The normalized spacial score (nSPS) is 21.1. The van der Waals surface area contributed by atoms with Gasteiger partial charge < -0.3 is 15.4 Å². The third kappa shape index (κ3) is 3.36.